The Kier molecular flexibility index (Phi) is 5.87. The van der Waals surface area contributed by atoms with Crippen molar-refractivity contribution in [2.75, 3.05) is 0 Å². The molecule has 0 atom stereocenters. The van der Waals surface area contributed by atoms with Gasteiger partial charge in [-0.3, -0.25) is 19.2 Å². The average Bonchev–Trinajstić information content (AvgIpc) is 3.09. The topological polar surface area (TPSA) is 86.8 Å². The third-order valence-corrected chi connectivity index (χ3v) is 5.76. The van der Waals surface area contributed by atoms with Gasteiger partial charge in [0.2, 0.25) is 11.8 Å². The van der Waals surface area contributed by atoms with Crippen molar-refractivity contribution < 1.29 is 32.3 Å². The van der Waals surface area contributed by atoms with Gasteiger partial charge in [-0.25, -0.2) is 9.40 Å². The Balaban J connectivity index is 1.46. The highest BCUT2D eigenvalue weighted by Gasteiger charge is 2.42. The van der Waals surface area contributed by atoms with E-state index in [1.54, 1.807) is 6.07 Å². The molecule has 0 saturated carbocycles. The second kappa shape index (κ2) is 8.51. The van der Waals surface area contributed by atoms with Crippen molar-refractivity contribution in [2.45, 2.75) is 38.3 Å². The summed E-state index contributed by atoms with van der Waals surface area (Å²) in [7, 11) is 0. The summed E-state index contributed by atoms with van der Waals surface area (Å²) in [6.07, 6.45) is 0.759. The zero-order valence-corrected chi connectivity index (χ0v) is 17.8. The van der Waals surface area contributed by atoms with Crippen LogP contribution in [0.4, 0.5) is 13.2 Å². The lowest BCUT2D eigenvalue weighted by Gasteiger charge is -2.32. The third-order valence-electron chi connectivity index (χ3n) is 5.47. The molecule has 2 aromatic carbocycles. The zero-order valence-electron chi connectivity index (χ0n) is 17.0. The van der Waals surface area contributed by atoms with Gasteiger partial charge in [-0.2, -0.15) is 13.8 Å². The third kappa shape index (κ3) is 4.18. The van der Waals surface area contributed by atoms with E-state index in [0.717, 1.165) is 22.2 Å². The summed E-state index contributed by atoms with van der Waals surface area (Å²) in [5.41, 5.74) is 0.455. The summed E-state index contributed by atoms with van der Waals surface area (Å²) in [6, 6.07) is 6.69. The fraction of sp³-hybridized carbons (Fsp3) is 0.273. The van der Waals surface area contributed by atoms with Crippen LogP contribution < -0.4 is 5.32 Å². The van der Waals surface area contributed by atoms with E-state index in [-0.39, 0.29) is 31.5 Å². The van der Waals surface area contributed by atoms with Crippen molar-refractivity contribution in [3.63, 3.8) is 0 Å². The van der Waals surface area contributed by atoms with Gasteiger partial charge in [0.25, 0.3) is 11.8 Å². The van der Waals surface area contributed by atoms with Gasteiger partial charge >= 0.3 is 5.92 Å². The molecule has 172 valence electrons. The van der Waals surface area contributed by atoms with Crippen LogP contribution in [0.5, 0.6) is 0 Å². The molecule has 4 amide bonds. The number of hydrogen-bond donors (Lipinski definition) is 1. The minimum atomic E-state index is -3.95. The van der Waals surface area contributed by atoms with Gasteiger partial charge in [-0.05, 0) is 41.8 Å². The maximum absolute atomic E-state index is 14.5. The fourth-order valence-electron chi connectivity index (χ4n) is 3.76. The van der Waals surface area contributed by atoms with Crippen molar-refractivity contribution >= 4 is 35.2 Å². The summed E-state index contributed by atoms with van der Waals surface area (Å²) >= 11 is 5.53. The number of carbonyl (C=O) groups is 4. The number of fused-ring (bicyclic) bond motifs is 1. The highest BCUT2D eigenvalue weighted by atomic mass is 35.5. The Hall–Kier alpha value is -3.40. The van der Waals surface area contributed by atoms with E-state index < -0.39 is 46.0 Å². The quantitative estimate of drug-likeness (QED) is 0.667. The van der Waals surface area contributed by atoms with Crippen molar-refractivity contribution in [1.29, 1.82) is 0 Å². The van der Waals surface area contributed by atoms with Gasteiger partial charge in [-0.1, -0.05) is 23.7 Å². The normalized spacial score (nSPS) is 16.3. The molecule has 11 heteroatoms. The molecule has 1 N–H and O–H groups in total. The molecule has 2 aromatic rings. The molecule has 0 aromatic heterocycles. The van der Waals surface area contributed by atoms with Gasteiger partial charge < -0.3 is 5.32 Å². The van der Waals surface area contributed by atoms with E-state index in [9.17, 15) is 32.3 Å². The highest BCUT2D eigenvalue weighted by molar-refractivity contribution is 6.30. The summed E-state index contributed by atoms with van der Waals surface area (Å²) in [6.45, 7) is -0.302. The molecular weight excluding hydrogens is 463 g/mol. The molecule has 7 nitrogen and oxygen atoms in total. The van der Waals surface area contributed by atoms with Gasteiger partial charge in [0.1, 0.15) is 5.82 Å². The van der Waals surface area contributed by atoms with E-state index >= 15 is 0 Å². The van der Waals surface area contributed by atoms with Crippen LogP contribution in [-0.4, -0.2) is 33.6 Å². The largest absolute Gasteiger partial charge is 0.349 e. The number of rotatable bonds is 5. The Bertz CT molecular complexity index is 1170. The number of nitrogens with zero attached hydrogens (tertiary/aromatic N) is 2. The number of amides is 4. The standard InChI is InChI=1S/C22H17ClF3N3O4/c23-16-9-14(5-7-17(16)24)22(25,26)21(33)27-10-12-4-6-15-13(8-12)11-28(20(15)32)29-18(30)2-1-3-19(29)31/h4-9H,1-3,10-11H2,(H,27,33). The molecule has 1 fully saturated rings. The van der Waals surface area contributed by atoms with Crippen LogP contribution in [0.3, 0.4) is 0 Å². The number of piperidine rings is 1. The average molecular weight is 480 g/mol. The predicted molar refractivity (Wildman–Crippen MR) is 109 cm³/mol. The summed E-state index contributed by atoms with van der Waals surface area (Å²) < 4.78 is 42.1. The van der Waals surface area contributed by atoms with Crippen molar-refractivity contribution in [3.8, 4) is 0 Å². The smallest absolute Gasteiger partial charge is 0.346 e. The fourth-order valence-corrected chi connectivity index (χ4v) is 3.94. The Morgan fingerprint density at radius 2 is 1.76 bits per heavy atom. The van der Waals surface area contributed by atoms with Gasteiger partial charge in [-0.15, -0.1) is 0 Å². The lowest BCUT2D eigenvalue weighted by molar-refractivity contribution is -0.163. The zero-order chi connectivity index (χ0) is 23.9. The maximum Gasteiger partial charge on any atom is 0.349 e. The van der Waals surface area contributed by atoms with Crippen LogP contribution in [0, 0.1) is 5.82 Å². The van der Waals surface area contributed by atoms with E-state index in [0.29, 0.717) is 23.6 Å². The molecular formula is C22H17ClF3N3O4. The van der Waals surface area contributed by atoms with Crippen molar-refractivity contribution in [1.82, 2.24) is 15.3 Å². The first-order chi connectivity index (χ1) is 15.6. The SMILES string of the molecule is O=C1c2ccc(CNC(=O)C(F)(F)c3ccc(F)c(Cl)c3)cc2CN1N1C(=O)CCCC1=O. The van der Waals surface area contributed by atoms with Crippen molar-refractivity contribution in [2.24, 2.45) is 0 Å². The number of imide groups is 1. The van der Waals surface area contributed by atoms with E-state index in [1.807, 2.05) is 0 Å². The first-order valence-corrected chi connectivity index (χ1v) is 10.4. The molecule has 0 bridgehead atoms. The number of halogens is 4. The monoisotopic (exact) mass is 479 g/mol. The van der Waals surface area contributed by atoms with Crippen LogP contribution in [0.15, 0.2) is 36.4 Å². The minimum Gasteiger partial charge on any atom is -0.346 e. The molecule has 0 radical (unpaired) electrons. The van der Waals surface area contributed by atoms with Crippen molar-refractivity contribution in [3.05, 3.63) is 69.5 Å². The summed E-state index contributed by atoms with van der Waals surface area (Å²) in [5.74, 6) is -7.86. The van der Waals surface area contributed by atoms with Crippen LogP contribution in [-0.2, 0) is 33.4 Å². The lowest BCUT2D eigenvalue weighted by atomic mass is 10.1. The Morgan fingerprint density at radius 3 is 2.42 bits per heavy atom. The van der Waals surface area contributed by atoms with Crippen LogP contribution in [0.2, 0.25) is 5.02 Å². The second-order valence-corrected chi connectivity index (χ2v) is 8.10. The number of hydrogen-bond acceptors (Lipinski definition) is 4. The predicted octanol–water partition coefficient (Wildman–Crippen LogP) is 3.30. The minimum absolute atomic E-state index is 0.0301. The van der Waals surface area contributed by atoms with Crippen LogP contribution in [0.25, 0.3) is 0 Å². The molecule has 0 spiro atoms. The molecule has 2 aliphatic heterocycles. The van der Waals surface area contributed by atoms with E-state index in [2.05, 4.69) is 5.32 Å². The summed E-state index contributed by atoms with van der Waals surface area (Å²) in [4.78, 5) is 49.1. The number of nitrogens with one attached hydrogen (secondary N) is 1. The maximum atomic E-state index is 14.5. The number of benzene rings is 2. The number of hydrazine groups is 1. The Morgan fingerprint density at radius 1 is 1.06 bits per heavy atom. The molecule has 0 unspecified atom stereocenters. The van der Waals surface area contributed by atoms with Gasteiger partial charge in [0, 0.05) is 30.5 Å². The molecule has 1 saturated heterocycles. The van der Waals surface area contributed by atoms with Crippen LogP contribution in [0.1, 0.15) is 46.3 Å². The Labute approximate surface area is 191 Å². The second-order valence-electron chi connectivity index (χ2n) is 7.69. The highest BCUT2D eigenvalue weighted by Crippen LogP contribution is 2.32. The molecule has 2 aliphatic rings. The molecule has 0 aliphatic carbocycles. The van der Waals surface area contributed by atoms with Crippen LogP contribution >= 0.6 is 11.6 Å². The lowest BCUT2D eigenvalue weighted by Crippen LogP contribution is -2.51. The number of alkyl halides is 2. The molecule has 2 heterocycles. The number of carbonyl (C=O) groups excluding carboxylic acids is 4. The summed E-state index contributed by atoms with van der Waals surface area (Å²) in [5, 5.41) is 3.53. The van der Waals surface area contributed by atoms with E-state index in [4.69, 9.17) is 11.6 Å². The molecule has 4 rings (SSSR count). The first kappa shape index (κ1) is 22.8. The van der Waals surface area contributed by atoms with E-state index in [1.165, 1.54) is 12.1 Å². The molecule has 33 heavy (non-hydrogen) atoms. The van der Waals surface area contributed by atoms with Gasteiger partial charge in [0.15, 0.2) is 0 Å². The van der Waals surface area contributed by atoms with Gasteiger partial charge in [0.05, 0.1) is 11.6 Å². The first-order valence-electron chi connectivity index (χ1n) is 10.0.